The Morgan fingerprint density at radius 3 is 1.00 bits per heavy atom. The van der Waals surface area contributed by atoms with E-state index in [1.807, 2.05) is 0 Å². The Morgan fingerprint density at radius 1 is 1.00 bits per heavy atom. The zero-order valence-corrected chi connectivity index (χ0v) is 10.2. The van der Waals surface area contributed by atoms with Crippen LogP contribution in [0, 0.1) is 35.6 Å². The second-order valence-corrected chi connectivity index (χ2v) is 0. The van der Waals surface area contributed by atoms with Gasteiger partial charge in [0.25, 0.3) is 0 Å². The molecule has 0 aliphatic carbocycles. The Labute approximate surface area is 125 Å². The Balaban J connectivity index is 0. The first-order valence-electron chi connectivity index (χ1n) is 0. The summed E-state index contributed by atoms with van der Waals surface area (Å²) in [5.74, 6) is 0. The van der Waals surface area contributed by atoms with Gasteiger partial charge >= 0.3 is 45.5 Å². The van der Waals surface area contributed by atoms with E-state index in [4.69, 9.17) is 0 Å². The van der Waals surface area contributed by atoms with Gasteiger partial charge in [0.05, 0.1) is 0 Å². The van der Waals surface area contributed by atoms with Crippen LogP contribution in [0.2, 0.25) is 0 Å². The summed E-state index contributed by atoms with van der Waals surface area (Å²) in [5, 5.41) is 0. The van der Waals surface area contributed by atoms with Gasteiger partial charge in [0.15, 0.2) is 0 Å². The largest absolute Gasteiger partial charge is 0 e. The van der Waals surface area contributed by atoms with Crippen molar-refractivity contribution < 1.29 is 57.3 Å². The molecule has 0 N–H and O–H groups in total. The topological polar surface area (TPSA) is 0 Å². The molecule has 0 nitrogen and oxygen atoms in total. The molecule has 0 aliphatic heterocycles. The molecule has 0 aromatic carbocycles. The molecule has 4 heavy (non-hydrogen) atoms. The summed E-state index contributed by atoms with van der Waals surface area (Å²) in [4.78, 5) is 0. The zero-order chi connectivity index (χ0) is 0. The van der Waals surface area contributed by atoms with Gasteiger partial charge in [-0.25, -0.2) is 0 Å². The Hall–Kier alpha value is 4.27. The number of hydrogen-bond donors (Lipinski definition) is 0. The zero-order valence-electron chi connectivity index (χ0n) is 1.52. The van der Waals surface area contributed by atoms with E-state index < -0.39 is 0 Å². The van der Waals surface area contributed by atoms with Crippen molar-refractivity contribution >= 4 is 71.7 Å². The molecule has 0 amide bonds. The van der Waals surface area contributed by atoms with Gasteiger partial charge in [0, 0.05) is 83.5 Å². The third-order valence-corrected chi connectivity index (χ3v) is 0. The Morgan fingerprint density at radius 2 is 1.00 bits per heavy atom. The molecule has 0 bridgehead atoms. The molecule has 4 radical (unpaired) electrons. The molecular weight excluding hydrogens is 483 g/mol. The van der Waals surface area contributed by atoms with E-state index in [1.165, 1.54) is 0 Å². The van der Waals surface area contributed by atoms with Gasteiger partial charge < -0.3 is 0 Å². The third-order valence-electron chi connectivity index (χ3n) is 0. The molecule has 0 spiro atoms. The van der Waals surface area contributed by atoms with Crippen LogP contribution in [0.3, 0.4) is 0 Å². The van der Waals surface area contributed by atoms with Gasteiger partial charge in [-0.05, 0) is 0 Å². The van der Waals surface area contributed by atoms with Crippen molar-refractivity contribution in [1.82, 2.24) is 0 Å². The van der Waals surface area contributed by atoms with E-state index in [1.54, 1.807) is 0 Å². The first-order valence-corrected chi connectivity index (χ1v) is 0. The minimum atomic E-state index is 0. The molecule has 0 atom stereocenters. The molecule has 0 aromatic heterocycles. The molecule has 0 aliphatic rings. The molecule has 16 valence electrons. The standard InChI is InChI=1S/Bi.La.Sr.Ti.2H. The summed E-state index contributed by atoms with van der Waals surface area (Å²) in [7, 11) is 0. The molecule has 0 unspecified atom stereocenters. The van der Waals surface area contributed by atoms with Crippen LogP contribution in [0.15, 0.2) is 0 Å². The molecule has 0 heterocycles. The second-order valence-electron chi connectivity index (χ2n) is 0. The number of rotatable bonds is 0. The average molecular weight is 485 g/mol. The predicted octanol–water partition coefficient (Wildman–Crippen LogP) is -1.30. The fourth-order valence-electron chi connectivity index (χ4n) is 0. The Bertz CT molecular complexity index is 8.00. The van der Waals surface area contributed by atoms with Gasteiger partial charge in [-0.2, -0.15) is 0 Å². The summed E-state index contributed by atoms with van der Waals surface area (Å²) >= 11 is 0. The first-order chi connectivity index (χ1) is 0. The normalized spacial score (nSPS) is 0. The van der Waals surface area contributed by atoms with Crippen LogP contribution in [0.4, 0.5) is 0 Å². The number of hydrogen-bond acceptors (Lipinski definition) is 0. The van der Waals surface area contributed by atoms with Crippen LogP contribution in [-0.4, -0.2) is 71.7 Å². The summed E-state index contributed by atoms with van der Waals surface area (Å²) in [6.07, 6.45) is 0. The molecule has 0 saturated heterocycles. The molecule has 0 saturated carbocycles. The van der Waals surface area contributed by atoms with Crippen LogP contribution in [-0.2, 0) is 21.7 Å². The maximum Gasteiger partial charge on any atom is 0 e. The van der Waals surface area contributed by atoms with Crippen LogP contribution in [0.1, 0.15) is 0 Å². The van der Waals surface area contributed by atoms with Crippen molar-refractivity contribution in [1.29, 1.82) is 0 Å². The molecule has 4 heteroatoms. The third kappa shape index (κ3) is 9.55. The SMILES string of the molecule is [Bi].[La].[SrH2].[Ti]. The van der Waals surface area contributed by atoms with Crippen molar-refractivity contribution in [2.75, 3.05) is 0 Å². The van der Waals surface area contributed by atoms with Gasteiger partial charge in [-0.1, -0.05) is 0 Å². The summed E-state index contributed by atoms with van der Waals surface area (Å²) in [6, 6.07) is 0. The van der Waals surface area contributed by atoms with Crippen LogP contribution in [0.5, 0.6) is 0 Å². The van der Waals surface area contributed by atoms with E-state index in [2.05, 4.69) is 0 Å². The maximum absolute atomic E-state index is 0. The summed E-state index contributed by atoms with van der Waals surface area (Å²) in [6.45, 7) is 0. The van der Waals surface area contributed by atoms with E-state index in [9.17, 15) is 0 Å². The van der Waals surface area contributed by atoms with Crippen LogP contribution >= 0.6 is 0 Å². The smallest absolute Gasteiger partial charge is 0 e. The molecule has 0 rings (SSSR count). The minimum Gasteiger partial charge on any atom is 0 e. The van der Waals surface area contributed by atoms with E-state index in [0.717, 1.165) is 0 Å². The summed E-state index contributed by atoms with van der Waals surface area (Å²) < 4.78 is 0. The minimum absolute atomic E-state index is 0. The van der Waals surface area contributed by atoms with Crippen LogP contribution in [0.25, 0.3) is 0 Å². The predicted molar refractivity (Wildman–Crippen MR) is 14.3 cm³/mol. The van der Waals surface area contributed by atoms with Gasteiger partial charge in [0.1, 0.15) is 0 Å². The second kappa shape index (κ2) is 15.7. The van der Waals surface area contributed by atoms with Crippen molar-refractivity contribution in [3.63, 3.8) is 0 Å². The Kier molecular flexibility index (Phi) is 93.9. The maximum atomic E-state index is 0. The van der Waals surface area contributed by atoms with E-state index >= 15 is 0 Å². The van der Waals surface area contributed by atoms with Crippen molar-refractivity contribution in [3.8, 4) is 0 Å². The summed E-state index contributed by atoms with van der Waals surface area (Å²) in [5.41, 5.74) is 0. The average Bonchev–Trinajstić information content (AvgIpc) is 0. The fraction of sp³-hybridized carbons (Fsp3) is 0. The van der Waals surface area contributed by atoms with Crippen molar-refractivity contribution in [2.45, 2.75) is 0 Å². The quantitative estimate of drug-likeness (QED) is 0.375. The van der Waals surface area contributed by atoms with E-state index in [0.29, 0.717) is 0 Å². The van der Waals surface area contributed by atoms with E-state index in [-0.39, 0.29) is 129 Å². The van der Waals surface area contributed by atoms with Gasteiger partial charge in [-0.15, -0.1) is 0 Å². The van der Waals surface area contributed by atoms with Crippen molar-refractivity contribution in [2.24, 2.45) is 0 Å². The molecule has 0 aromatic rings. The molecule has 0 fully saturated rings. The monoisotopic (exact) mass is 486 g/mol. The van der Waals surface area contributed by atoms with Gasteiger partial charge in [-0.3, -0.25) is 0 Å². The fourth-order valence-corrected chi connectivity index (χ4v) is 0. The first kappa shape index (κ1) is 24.0. The van der Waals surface area contributed by atoms with Gasteiger partial charge in [0.2, 0.25) is 0 Å². The van der Waals surface area contributed by atoms with Crippen LogP contribution < -0.4 is 0 Å². The molecular formula is H2BiLaSrTi. The van der Waals surface area contributed by atoms with Crippen molar-refractivity contribution in [3.05, 3.63) is 0 Å².